The number of H-pyrrole nitrogens is 1. The number of hydrogen-bond acceptors (Lipinski definition) is 9. The molecule has 2 aliphatic heterocycles. The summed E-state index contributed by atoms with van der Waals surface area (Å²) < 4.78 is 69.9. The van der Waals surface area contributed by atoms with Gasteiger partial charge in [-0.15, -0.1) is 0 Å². The lowest BCUT2D eigenvalue weighted by atomic mass is 10.2. The van der Waals surface area contributed by atoms with E-state index in [-0.39, 0.29) is 23.5 Å². The van der Waals surface area contributed by atoms with Crippen LogP contribution >= 0.6 is 7.82 Å². The molecule has 3 N–H and O–H groups in total. The summed E-state index contributed by atoms with van der Waals surface area (Å²) in [5.74, 6) is -3.48. The molecule has 2 aromatic rings. The zero-order valence-electron chi connectivity index (χ0n) is 16.6. The molecule has 0 bridgehead atoms. The first-order valence-electron chi connectivity index (χ1n) is 9.37. The molecular formula is C17H17F2N2O9P. The predicted molar refractivity (Wildman–Crippen MR) is 97.2 cm³/mol. The molecule has 1 aromatic carbocycles. The molecule has 1 unspecified atom stereocenters. The minimum Gasteiger partial charge on any atom is -0.404 e. The van der Waals surface area contributed by atoms with Crippen molar-refractivity contribution in [2.75, 3.05) is 6.61 Å². The zero-order chi connectivity index (χ0) is 23.3. The number of phosphoric ester groups is 1. The number of rotatable bonds is 5. The second-order valence-corrected chi connectivity index (χ2v) is 8.42. The van der Waals surface area contributed by atoms with Gasteiger partial charge in [-0.2, -0.15) is 0 Å². The molecule has 1 fully saturated rings. The number of benzene rings is 1. The van der Waals surface area contributed by atoms with E-state index in [1.54, 1.807) is 0 Å². The van der Waals surface area contributed by atoms with Gasteiger partial charge in [0.1, 0.15) is 24.3 Å². The van der Waals surface area contributed by atoms with Gasteiger partial charge in [0.25, 0.3) is 5.56 Å². The van der Waals surface area contributed by atoms with Crippen molar-refractivity contribution in [3.63, 3.8) is 0 Å². The highest BCUT2D eigenvalue weighted by Gasteiger charge is 2.50. The maximum atomic E-state index is 15.3. The topological polar surface area (TPSA) is 149 Å². The van der Waals surface area contributed by atoms with Crippen molar-refractivity contribution in [1.82, 2.24) is 9.55 Å². The molecule has 168 valence electrons. The van der Waals surface area contributed by atoms with Crippen LogP contribution in [-0.4, -0.2) is 38.3 Å². The van der Waals surface area contributed by atoms with Crippen molar-refractivity contribution < 1.29 is 43.2 Å². The second kappa shape index (κ2) is 7.93. The van der Waals surface area contributed by atoms with Gasteiger partial charge in [-0.05, 0) is 18.2 Å². The molecule has 1 saturated heterocycles. The third-order valence-electron chi connectivity index (χ3n) is 4.54. The third kappa shape index (κ3) is 4.33. The van der Waals surface area contributed by atoms with Crippen LogP contribution in [0, 0.1) is 5.82 Å². The quantitative estimate of drug-likeness (QED) is 0.549. The number of fused-ring (bicyclic) bond motifs is 1. The van der Waals surface area contributed by atoms with Gasteiger partial charge in [-0.1, -0.05) is 0 Å². The monoisotopic (exact) mass is 463 g/mol. The first kappa shape index (κ1) is 20.5. The van der Waals surface area contributed by atoms with E-state index in [2.05, 4.69) is 0 Å². The largest absolute Gasteiger partial charge is 0.530 e. The number of aromatic amines is 1. The Kier molecular flexibility index (Phi) is 5.24. The number of ether oxygens (including phenoxy) is 1. The first-order chi connectivity index (χ1) is 15.0. The van der Waals surface area contributed by atoms with E-state index in [0.717, 1.165) is 18.3 Å². The standard InChI is InChI=1S/C17H17F2N2O9P/c18-11-1-2-13-9(3-11)7-27-31(26,30-13)28-8-17(19)4-12(23)15(29-17)21-5-10(6-22)14(24)20-16(21)25/h1-3,5,12,15,22-23H,4,6-8H2,(H,20,24,25)/t12-,15-,17+,31?/m1/s1/i15D. The highest BCUT2D eigenvalue weighted by molar-refractivity contribution is 7.49. The van der Waals surface area contributed by atoms with Crippen LogP contribution in [0.3, 0.4) is 0 Å². The molecule has 0 saturated carbocycles. The molecule has 4 rings (SSSR count). The maximum absolute atomic E-state index is 15.3. The van der Waals surface area contributed by atoms with Gasteiger partial charge < -0.3 is 19.5 Å². The van der Waals surface area contributed by atoms with Crippen LogP contribution in [0.2, 0.25) is 0 Å². The zero-order valence-corrected chi connectivity index (χ0v) is 16.5. The maximum Gasteiger partial charge on any atom is 0.530 e. The molecule has 4 atom stereocenters. The highest BCUT2D eigenvalue weighted by atomic mass is 31.2. The molecule has 0 radical (unpaired) electrons. The van der Waals surface area contributed by atoms with Gasteiger partial charge in [-0.25, -0.2) is 18.1 Å². The number of aliphatic hydroxyl groups is 2. The predicted octanol–water partition coefficient (Wildman–Crippen LogP) is 0.847. The Hall–Kier alpha value is -2.41. The number of phosphoric acid groups is 1. The number of aromatic nitrogens is 2. The summed E-state index contributed by atoms with van der Waals surface area (Å²) in [6.07, 6.45) is -4.78. The van der Waals surface area contributed by atoms with Crippen LogP contribution in [0.5, 0.6) is 5.75 Å². The van der Waals surface area contributed by atoms with Gasteiger partial charge in [0.2, 0.25) is 5.85 Å². The van der Waals surface area contributed by atoms with Gasteiger partial charge in [0, 0.05) is 18.2 Å². The Bertz CT molecular complexity index is 1220. The summed E-state index contributed by atoms with van der Waals surface area (Å²) >= 11 is 0. The lowest BCUT2D eigenvalue weighted by Gasteiger charge is -2.27. The van der Waals surface area contributed by atoms with Gasteiger partial charge in [0.15, 0.2) is 6.20 Å². The van der Waals surface area contributed by atoms with Crippen LogP contribution in [0.25, 0.3) is 0 Å². The number of nitrogens with one attached hydrogen (secondary N) is 1. The van der Waals surface area contributed by atoms with Crippen molar-refractivity contribution in [1.29, 1.82) is 0 Å². The first-order valence-corrected chi connectivity index (χ1v) is 10.3. The summed E-state index contributed by atoms with van der Waals surface area (Å²) in [6.45, 7) is -2.26. The lowest BCUT2D eigenvalue weighted by molar-refractivity contribution is -0.179. The van der Waals surface area contributed by atoms with E-state index >= 15 is 4.39 Å². The van der Waals surface area contributed by atoms with Gasteiger partial charge in [0.05, 0.1) is 20.1 Å². The average Bonchev–Trinajstić information content (AvgIpc) is 2.96. The van der Waals surface area contributed by atoms with E-state index in [0.29, 0.717) is 4.57 Å². The fourth-order valence-corrected chi connectivity index (χ4v) is 4.29. The Morgan fingerprint density at radius 1 is 1.45 bits per heavy atom. The van der Waals surface area contributed by atoms with Gasteiger partial charge in [-0.3, -0.25) is 23.4 Å². The van der Waals surface area contributed by atoms with Crippen LogP contribution in [0.1, 0.15) is 25.1 Å². The van der Waals surface area contributed by atoms with Crippen molar-refractivity contribution in [2.24, 2.45) is 0 Å². The smallest absolute Gasteiger partial charge is 0.404 e. The van der Waals surface area contributed by atoms with Crippen LogP contribution in [-0.2, 0) is 31.6 Å². The number of nitrogens with zero attached hydrogens (tertiary/aromatic N) is 1. The van der Waals surface area contributed by atoms with Crippen molar-refractivity contribution in [3.05, 3.63) is 62.2 Å². The number of alkyl halides is 1. The van der Waals surface area contributed by atoms with Gasteiger partial charge >= 0.3 is 13.5 Å². The molecule has 31 heavy (non-hydrogen) atoms. The minimum absolute atomic E-state index is 0.00688. The highest BCUT2D eigenvalue weighted by Crippen LogP contribution is 2.55. The van der Waals surface area contributed by atoms with E-state index in [4.69, 9.17) is 19.7 Å². The Morgan fingerprint density at radius 2 is 2.23 bits per heavy atom. The molecule has 0 amide bonds. The minimum atomic E-state index is -4.35. The number of aliphatic hydroxyl groups excluding tert-OH is 2. The fraction of sp³-hybridized carbons (Fsp3) is 0.412. The summed E-state index contributed by atoms with van der Waals surface area (Å²) in [6, 6.07) is 3.35. The molecular weight excluding hydrogens is 445 g/mol. The van der Waals surface area contributed by atoms with E-state index in [1.807, 2.05) is 4.98 Å². The Labute approximate surface area is 173 Å². The van der Waals surface area contributed by atoms with E-state index in [9.17, 15) is 28.8 Å². The lowest BCUT2D eigenvalue weighted by Crippen LogP contribution is -2.37. The summed E-state index contributed by atoms with van der Waals surface area (Å²) in [5.41, 5.74) is -2.19. The number of hydrogen-bond donors (Lipinski definition) is 3. The Morgan fingerprint density at radius 3 is 2.97 bits per heavy atom. The number of halogens is 2. The van der Waals surface area contributed by atoms with Crippen molar-refractivity contribution in [2.45, 2.75) is 37.8 Å². The van der Waals surface area contributed by atoms with E-state index < -0.39 is 62.7 Å². The fourth-order valence-electron chi connectivity index (χ4n) is 3.04. The summed E-state index contributed by atoms with van der Waals surface area (Å²) in [4.78, 5) is 25.5. The molecule has 11 nitrogen and oxygen atoms in total. The molecule has 14 heteroatoms. The van der Waals surface area contributed by atoms with Crippen molar-refractivity contribution >= 4 is 7.82 Å². The molecule has 2 aliphatic rings. The third-order valence-corrected chi connectivity index (χ3v) is 5.85. The Balaban J connectivity index is 1.53. The SMILES string of the molecule is [2H][C@@]1(n2cc(CO)c(=O)[nH]c2=O)O[C@](F)(COP2(=O)OCc3cc(F)ccc3O2)C[C@H]1O. The molecule has 0 aliphatic carbocycles. The summed E-state index contributed by atoms with van der Waals surface area (Å²) in [5, 5.41) is 19.5. The van der Waals surface area contributed by atoms with Crippen molar-refractivity contribution in [3.8, 4) is 5.75 Å². The second-order valence-electron chi connectivity index (χ2n) is 6.82. The normalized spacial score (nSPS) is 32.9. The van der Waals surface area contributed by atoms with Crippen LogP contribution < -0.4 is 15.8 Å². The van der Waals surface area contributed by atoms with Crippen LogP contribution in [0.4, 0.5) is 8.78 Å². The molecule has 1 aromatic heterocycles. The van der Waals surface area contributed by atoms with Crippen LogP contribution in [0.15, 0.2) is 34.0 Å². The summed E-state index contributed by atoms with van der Waals surface area (Å²) in [7, 11) is -4.35. The van der Waals surface area contributed by atoms with E-state index in [1.165, 1.54) is 6.07 Å². The average molecular weight is 463 g/mol. The molecule has 0 spiro atoms. The molecule has 3 heterocycles.